The number of carboxylic acid groups (broad SMARTS) is 2. The quantitative estimate of drug-likeness (QED) is 0.289. The Morgan fingerprint density at radius 3 is 1.83 bits per heavy atom. The van der Waals surface area contributed by atoms with Crippen molar-refractivity contribution < 1.29 is 37.6 Å². The fraction of sp³-hybridized carbons (Fsp3) is 0.625. The third-order valence-corrected chi connectivity index (χ3v) is 6.44. The van der Waals surface area contributed by atoms with Crippen LogP contribution in [-0.2, 0) is 31.0 Å². The van der Waals surface area contributed by atoms with Gasteiger partial charge >= 0.3 is 11.9 Å². The van der Waals surface area contributed by atoms with Crippen LogP contribution in [0.2, 0.25) is 0 Å². The van der Waals surface area contributed by atoms with E-state index < -0.39 is 33.3 Å². The van der Waals surface area contributed by atoms with Crippen LogP contribution in [0.15, 0.2) is 24.3 Å². The van der Waals surface area contributed by atoms with Gasteiger partial charge in [-0.15, -0.1) is 0 Å². The highest BCUT2D eigenvalue weighted by Gasteiger charge is 2.27. The zero-order chi connectivity index (χ0) is 27.4. The van der Waals surface area contributed by atoms with E-state index in [4.69, 9.17) is 14.8 Å². The Bertz CT molecular complexity index is 913. The molecule has 0 fully saturated rings. The van der Waals surface area contributed by atoms with E-state index in [1.807, 2.05) is 31.2 Å². The predicted octanol–water partition coefficient (Wildman–Crippen LogP) is 2.99. The van der Waals surface area contributed by atoms with Crippen molar-refractivity contribution in [3.8, 4) is 0 Å². The Morgan fingerprint density at radius 1 is 0.971 bits per heavy atom. The lowest BCUT2D eigenvalue weighted by molar-refractivity contribution is -0.142. The Hall–Kier alpha value is -2.50. The van der Waals surface area contributed by atoms with Crippen LogP contribution < -0.4 is 5.32 Å². The summed E-state index contributed by atoms with van der Waals surface area (Å²) in [6.45, 7) is 10.8. The molecule has 0 aliphatic rings. The largest absolute Gasteiger partial charge is 0.480 e. The van der Waals surface area contributed by atoms with Crippen LogP contribution >= 0.6 is 0 Å². The van der Waals surface area contributed by atoms with Gasteiger partial charge in [-0.1, -0.05) is 52.0 Å². The van der Waals surface area contributed by atoms with Crippen LogP contribution in [0.3, 0.4) is 0 Å². The van der Waals surface area contributed by atoms with Gasteiger partial charge in [-0.25, -0.2) is 0 Å². The maximum absolute atomic E-state index is 11.5. The van der Waals surface area contributed by atoms with Crippen molar-refractivity contribution >= 4 is 28.0 Å². The molecule has 2 atom stereocenters. The van der Waals surface area contributed by atoms with Crippen LogP contribution in [0.25, 0.3) is 0 Å². The van der Waals surface area contributed by atoms with Gasteiger partial charge in [0.1, 0.15) is 0 Å². The molecule has 2 unspecified atom stereocenters. The number of rotatable bonds is 13. The van der Waals surface area contributed by atoms with Gasteiger partial charge in [-0.05, 0) is 43.7 Å². The first kappa shape index (κ1) is 32.5. The monoisotopic (exact) mass is 516 g/mol. The van der Waals surface area contributed by atoms with Gasteiger partial charge in [0.25, 0.3) is 10.1 Å². The molecular weight excluding hydrogens is 476 g/mol. The highest BCUT2D eigenvalue weighted by atomic mass is 32.2. The second-order valence-electron chi connectivity index (χ2n) is 9.39. The summed E-state index contributed by atoms with van der Waals surface area (Å²) in [6, 6.07) is 7.89. The van der Waals surface area contributed by atoms with E-state index >= 15 is 0 Å². The molecule has 11 heteroatoms. The molecule has 0 aliphatic heterocycles. The van der Waals surface area contributed by atoms with Gasteiger partial charge in [-0.2, -0.15) is 8.42 Å². The molecule has 4 N–H and O–H groups in total. The van der Waals surface area contributed by atoms with Gasteiger partial charge in [0.15, 0.2) is 0 Å². The average Bonchev–Trinajstić information content (AvgIpc) is 2.70. The smallest absolute Gasteiger partial charge is 0.317 e. The normalized spacial score (nSPS) is 13.4. The first-order valence-electron chi connectivity index (χ1n) is 11.5. The lowest BCUT2D eigenvalue weighted by atomic mass is 9.97. The number of benzene rings is 1. The van der Waals surface area contributed by atoms with E-state index in [2.05, 4.69) is 19.2 Å². The number of aliphatic carboxylic acids is 2. The SMILES string of the molecule is CCC(C)C(=O)NC(C)(C)CS(=O)(=O)O.CCC(C)c1ccc(CN(CC(=O)O)CC(=O)O)cc1. The standard InChI is InChI=1S/C15H21NO4.C9H19NO4S/c1-3-11(2)13-6-4-12(5-7-13)8-16(9-14(17)18)10-15(19)20;1-5-7(2)8(11)10-9(3,4)6-15(12,13)14/h4-7,11H,3,8-10H2,1-2H3,(H,17,18)(H,19,20);7H,5-6H2,1-4H3,(H,10,11)(H,12,13,14). The van der Waals surface area contributed by atoms with E-state index in [0.717, 1.165) is 12.0 Å². The van der Waals surface area contributed by atoms with E-state index in [1.54, 1.807) is 20.8 Å². The molecule has 200 valence electrons. The highest BCUT2D eigenvalue weighted by molar-refractivity contribution is 7.85. The Balaban J connectivity index is 0.000000691. The second-order valence-corrected chi connectivity index (χ2v) is 10.8. The summed E-state index contributed by atoms with van der Waals surface area (Å²) in [7, 11) is -4.07. The molecule has 0 saturated heterocycles. The molecule has 0 saturated carbocycles. The molecule has 1 rings (SSSR count). The van der Waals surface area contributed by atoms with Crippen LogP contribution in [0, 0.1) is 5.92 Å². The zero-order valence-corrected chi connectivity index (χ0v) is 22.3. The number of hydrogen-bond donors (Lipinski definition) is 4. The summed E-state index contributed by atoms with van der Waals surface area (Å²) in [6.07, 6.45) is 1.75. The summed E-state index contributed by atoms with van der Waals surface area (Å²) >= 11 is 0. The molecule has 35 heavy (non-hydrogen) atoms. The number of carboxylic acids is 2. The fourth-order valence-electron chi connectivity index (χ4n) is 3.13. The zero-order valence-electron chi connectivity index (χ0n) is 21.4. The Labute approximate surface area is 208 Å². The van der Waals surface area contributed by atoms with Crippen molar-refractivity contribution in [2.24, 2.45) is 5.92 Å². The predicted molar refractivity (Wildman–Crippen MR) is 134 cm³/mol. The lowest BCUT2D eigenvalue weighted by Gasteiger charge is -2.26. The van der Waals surface area contributed by atoms with Crippen molar-refractivity contribution in [1.29, 1.82) is 0 Å². The first-order chi connectivity index (χ1) is 16.0. The number of carbonyl (C=O) groups is 3. The molecule has 10 nitrogen and oxygen atoms in total. The second kappa shape index (κ2) is 14.8. The number of hydrogen-bond acceptors (Lipinski definition) is 6. The highest BCUT2D eigenvalue weighted by Crippen LogP contribution is 2.19. The van der Waals surface area contributed by atoms with Gasteiger partial charge in [0.05, 0.1) is 24.4 Å². The van der Waals surface area contributed by atoms with Crippen LogP contribution in [0.4, 0.5) is 0 Å². The van der Waals surface area contributed by atoms with E-state index in [9.17, 15) is 22.8 Å². The number of carbonyl (C=O) groups excluding carboxylic acids is 1. The third kappa shape index (κ3) is 15.2. The van der Waals surface area contributed by atoms with Crippen LogP contribution in [0.5, 0.6) is 0 Å². The van der Waals surface area contributed by atoms with Crippen LogP contribution in [-0.4, -0.2) is 70.3 Å². The number of amides is 1. The van der Waals surface area contributed by atoms with E-state index in [-0.39, 0.29) is 24.9 Å². The Kier molecular flexibility index (Phi) is 13.7. The van der Waals surface area contributed by atoms with Crippen molar-refractivity contribution in [2.75, 3.05) is 18.8 Å². The molecule has 1 amide bonds. The maximum Gasteiger partial charge on any atom is 0.317 e. The molecule has 0 aliphatic carbocycles. The van der Waals surface area contributed by atoms with Gasteiger partial charge in [0, 0.05) is 12.5 Å². The van der Waals surface area contributed by atoms with Crippen molar-refractivity contribution in [3.63, 3.8) is 0 Å². The Morgan fingerprint density at radius 2 is 1.46 bits per heavy atom. The van der Waals surface area contributed by atoms with Crippen LogP contribution in [0.1, 0.15) is 71.4 Å². The lowest BCUT2D eigenvalue weighted by Crippen LogP contribution is -2.49. The molecular formula is C24H40N2O8S. The summed E-state index contributed by atoms with van der Waals surface area (Å²) in [5.41, 5.74) is 1.20. The molecule has 0 bridgehead atoms. The van der Waals surface area contributed by atoms with E-state index in [1.165, 1.54) is 10.5 Å². The van der Waals surface area contributed by atoms with Crippen molar-refractivity contribution in [1.82, 2.24) is 10.2 Å². The van der Waals surface area contributed by atoms with Gasteiger partial charge in [0.2, 0.25) is 5.91 Å². The molecule has 1 aromatic carbocycles. The minimum atomic E-state index is -4.07. The topological polar surface area (TPSA) is 161 Å². The molecule has 0 heterocycles. The van der Waals surface area contributed by atoms with Crippen molar-refractivity contribution in [2.45, 2.75) is 72.4 Å². The first-order valence-corrected chi connectivity index (χ1v) is 13.1. The summed E-state index contributed by atoms with van der Waals surface area (Å²) in [5.74, 6) is -2.41. The molecule has 0 radical (unpaired) electrons. The third-order valence-electron chi connectivity index (χ3n) is 5.35. The van der Waals surface area contributed by atoms with Crippen molar-refractivity contribution in [3.05, 3.63) is 35.4 Å². The number of nitrogens with zero attached hydrogens (tertiary/aromatic N) is 1. The average molecular weight is 517 g/mol. The summed E-state index contributed by atoms with van der Waals surface area (Å²) in [5, 5.41) is 20.2. The number of nitrogens with one attached hydrogen (secondary N) is 1. The summed E-state index contributed by atoms with van der Waals surface area (Å²) < 4.78 is 30.0. The molecule has 0 aromatic heterocycles. The molecule has 1 aromatic rings. The molecule has 0 spiro atoms. The minimum Gasteiger partial charge on any atom is -0.480 e. The van der Waals surface area contributed by atoms with Gasteiger partial charge < -0.3 is 15.5 Å². The maximum atomic E-state index is 11.5. The summed E-state index contributed by atoms with van der Waals surface area (Å²) in [4.78, 5) is 34.3. The van der Waals surface area contributed by atoms with E-state index in [0.29, 0.717) is 18.9 Å². The fourth-order valence-corrected chi connectivity index (χ4v) is 4.11. The van der Waals surface area contributed by atoms with Gasteiger partial charge in [-0.3, -0.25) is 23.8 Å². The minimum absolute atomic E-state index is 0.161.